The first-order chi connectivity index (χ1) is 10.7. The number of hydrogen-bond acceptors (Lipinski definition) is 2. The van der Waals surface area contributed by atoms with Crippen LogP contribution in [0.25, 0.3) is 0 Å². The minimum Gasteiger partial charge on any atom is -0.294 e. The largest absolute Gasteiger partial charge is 0.294 e. The smallest absolute Gasteiger partial charge is 0.165 e. The molecule has 3 rings (SSSR count). The van der Waals surface area contributed by atoms with E-state index in [0.717, 1.165) is 5.56 Å². The summed E-state index contributed by atoms with van der Waals surface area (Å²) in [6, 6.07) is 18.7. The summed E-state index contributed by atoms with van der Waals surface area (Å²) in [4.78, 5) is 12.6. The number of aromatic nitrogens is 2. The Bertz CT molecular complexity index is 754. The molecule has 0 fully saturated rings. The maximum atomic E-state index is 12.6. The monoisotopic (exact) mass is 310 g/mol. The highest BCUT2D eigenvalue weighted by Crippen LogP contribution is 2.24. The number of hydrogen-bond donors (Lipinski definition) is 0. The third-order valence-corrected chi connectivity index (χ3v) is 3.79. The van der Waals surface area contributed by atoms with Gasteiger partial charge in [-0.05, 0) is 23.8 Å². The minimum atomic E-state index is -0.123. The molecule has 1 aromatic heterocycles. The molecule has 3 aromatic rings. The second-order valence-corrected chi connectivity index (χ2v) is 5.49. The Morgan fingerprint density at radius 1 is 1.09 bits per heavy atom. The van der Waals surface area contributed by atoms with E-state index in [1.807, 2.05) is 47.3 Å². The highest BCUT2D eigenvalue weighted by atomic mass is 35.5. The molecule has 2 aromatic carbocycles. The lowest BCUT2D eigenvalue weighted by molar-refractivity contribution is 0.0967. The molecular weight excluding hydrogens is 296 g/mol. The van der Waals surface area contributed by atoms with E-state index in [4.69, 9.17) is 11.6 Å². The van der Waals surface area contributed by atoms with Gasteiger partial charge in [-0.25, -0.2) is 0 Å². The second kappa shape index (κ2) is 6.58. The van der Waals surface area contributed by atoms with Crippen LogP contribution in [0.15, 0.2) is 73.1 Å². The van der Waals surface area contributed by atoms with Gasteiger partial charge in [-0.1, -0.05) is 54.1 Å². The first kappa shape index (κ1) is 14.5. The third-order valence-electron chi connectivity index (χ3n) is 3.55. The lowest BCUT2D eigenvalue weighted by Crippen LogP contribution is -2.16. The van der Waals surface area contributed by atoms with Crippen molar-refractivity contribution in [2.75, 3.05) is 0 Å². The molecule has 4 heteroatoms. The van der Waals surface area contributed by atoms with Crippen molar-refractivity contribution in [3.63, 3.8) is 0 Å². The zero-order valence-electron chi connectivity index (χ0n) is 11.9. The van der Waals surface area contributed by atoms with Gasteiger partial charge in [0, 0.05) is 29.4 Å². The number of ketones is 1. The van der Waals surface area contributed by atoms with E-state index in [2.05, 4.69) is 5.10 Å². The summed E-state index contributed by atoms with van der Waals surface area (Å²) >= 11 is 5.97. The Hall–Kier alpha value is -2.39. The van der Waals surface area contributed by atoms with E-state index in [1.165, 1.54) is 0 Å². The first-order valence-electron chi connectivity index (χ1n) is 7.07. The molecule has 0 spiro atoms. The van der Waals surface area contributed by atoms with E-state index in [-0.39, 0.29) is 11.8 Å². The standard InChI is InChI=1S/C18H15ClN2O/c19-16-9-4-8-15(12-16)18(22)13-17(21-11-5-10-20-21)14-6-2-1-3-7-14/h1-12,17H,13H2/t17-/m1/s1. The second-order valence-electron chi connectivity index (χ2n) is 5.05. The normalized spacial score (nSPS) is 12.0. The van der Waals surface area contributed by atoms with Crippen molar-refractivity contribution in [1.29, 1.82) is 0 Å². The van der Waals surface area contributed by atoms with Crippen LogP contribution < -0.4 is 0 Å². The van der Waals surface area contributed by atoms with Crippen molar-refractivity contribution >= 4 is 17.4 Å². The molecule has 0 saturated heterocycles. The van der Waals surface area contributed by atoms with Gasteiger partial charge in [-0.2, -0.15) is 5.10 Å². The Balaban J connectivity index is 1.89. The van der Waals surface area contributed by atoms with Crippen LogP contribution in [0.1, 0.15) is 28.4 Å². The van der Waals surface area contributed by atoms with Crippen LogP contribution in [0, 0.1) is 0 Å². The molecular formula is C18H15ClN2O. The molecule has 0 bridgehead atoms. The molecule has 3 nitrogen and oxygen atoms in total. The van der Waals surface area contributed by atoms with E-state index in [9.17, 15) is 4.79 Å². The van der Waals surface area contributed by atoms with Crippen LogP contribution in [-0.2, 0) is 0 Å². The van der Waals surface area contributed by atoms with Crippen LogP contribution in [0.4, 0.5) is 0 Å². The lowest BCUT2D eigenvalue weighted by atomic mass is 9.98. The molecule has 1 heterocycles. The van der Waals surface area contributed by atoms with Gasteiger partial charge in [-0.15, -0.1) is 0 Å². The summed E-state index contributed by atoms with van der Waals surface area (Å²) in [6.07, 6.45) is 3.94. The third kappa shape index (κ3) is 3.26. The zero-order valence-corrected chi connectivity index (χ0v) is 12.6. The number of carbonyl (C=O) groups is 1. The molecule has 0 radical (unpaired) electrons. The fourth-order valence-corrected chi connectivity index (χ4v) is 2.65. The van der Waals surface area contributed by atoms with Gasteiger partial charge in [0.25, 0.3) is 0 Å². The Morgan fingerprint density at radius 3 is 2.59 bits per heavy atom. The van der Waals surface area contributed by atoms with Crippen molar-refractivity contribution in [2.45, 2.75) is 12.5 Å². The lowest BCUT2D eigenvalue weighted by Gasteiger charge is -2.17. The molecule has 0 amide bonds. The number of benzene rings is 2. The van der Waals surface area contributed by atoms with Crippen LogP contribution >= 0.6 is 11.6 Å². The summed E-state index contributed by atoms with van der Waals surface area (Å²) in [6.45, 7) is 0. The van der Waals surface area contributed by atoms with Gasteiger partial charge in [-0.3, -0.25) is 9.48 Å². The van der Waals surface area contributed by atoms with Crippen LogP contribution in [0.5, 0.6) is 0 Å². The van der Waals surface area contributed by atoms with Crippen LogP contribution in [0.3, 0.4) is 0 Å². The van der Waals surface area contributed by atoms with E-state index >= 15 is 0 Å². The quantitative estimate of drug-likeness (QED) is 0.655. The van der Waals surface area contributed by atoms with Crippen LogP contribution in [0.2, 0.25) is 5.02 Å². The Labute approximate surface area is 134 Å². The first-order valence-corrected chi connectivity index (χ1v) is 7.44. The number of carbonyl (C=O) groups excluding carboxylic acids is 1. The summed E-state index contributed by atoms with van der Waals surface area (Å²) in [5, 5.41) is 4.87. The number of Topliss-reactive ketones (excluding diaryl/α,β-unsaturated/α-hetero) is 1. The summed E-state index contributed by atoms with van der Waals surface area (Å²) in [5.41, 5.74) is 1.68. The van der Waals surface area contributed by atoms with Crippen molar-refractivity contribution in [2.24, 2.45) is 0 Å². The number of halogens is 1. The topological polar surface area (TPSA) is 34.9 Å². The van der Waals surface area contributed by atoms with Crippen LogP contribution in [-0.4, -0.2) is 15.6 Å². The van der Waals surface area contributed by atoms with Gasteiger partial charge in [0.15, 0.2) is 5.78 Å². The molecule has 0 saturated carbocycles. The molecule has 1 atom stereocenters. The molecule has 0 aliphatic heterocycles. The zero-order chi connectivity index (χ0) is 15.4. The molecule has 0 unspecified atom stereocenters. The van der Waals surface area contributed by atoms with Crippen molar-refractivity contribution < 1.29 is 4.79 Å². The highest BCUT2D eigenvalue weighted by molar-refractivity contribution is 6.31. The Morgan fingerprint density at radius 2 is 1.91 bits per heavy atom. The molecule has 0 N–H and O–H groups in total. The molecule has 0 aliphatic rings. The number of nitrogens with zero attached hydrogens (tertiary/aromatic N) is 2. The average Bonchev–Trinajstić information content (AvgIpc) is 3.07. The van der Waals surface area contributed by atoms with E-state index < -0.39 is 0 Å². The van der Waals surface area contributed by atoms with E-state index in [1.54, 1.807) is 30.5 Å². The maximum absolute atomic E-state index is 12.6. The van der Waals surface area contributed by atoms with Crippen molar-refractivity contribution in [3.05, 3.63) is 89.2 Å². The van der Waals surface area contributed by atoms with Gasteiger partial charge < -0.3 is 0 Å². The average molecular weight is 311 g/mol. The summed E-state index contributed by atoms with van der Waals surface area (Å²) in [7, 11) is 0. The molecule has 22 heavy (non-hydrogen) atoms. The molecule has 0 aliphatic carbocycles. The Kier molecular flexibility index (Phi) is 4.35. The fourth-order valence-electron chi connectivity index (χ4n) is 2.46. The fraction of sp³-hybridized carbons (Fsp3) is 0.111. The maximum Gasteiger partial charge on any atom is 0.165 e. The summed E-state index contributed by atoms with van der Waals surface area (Å²) < 4.78 is 1.82. The van der Waals surface area contributed by atoms with Gasteiger partial charge >= 0.3 is 0 Å². The summed E-state index contributed by atoms with van der Waals surface area (Å²) in [5.74, 6) is 0.0480. The van der Waals surface area contributed by atoms with Gasteiger partial charge in [0.2, 0.25) is 0 Å². The van der Waals surface area contributed by atoms with Crippen molar-refractivity contribution in [3.8, 4) is 0 Å². The highest BCUT2D eigenvalue weighted by Gasteiger charge is 2.19. The minimum absolute atomic E-state index is 0.0480. The predicted octanol–water partition coefficient (Wildman–Crippen LogP) is 4.40. The number of rotatable bonds is 5. The van der Waals surface area contributed by atoms with Gasteiger partial charge in [0.05, 0.1) is 6.04 Å². The van der Waals surface area contributed by atoms with E-state index in [0.29, 0.717) is 17.0 Å². The van der Waals surface area contributed by atoms with Gasteiger partial charge in [0.1, 0.15) is 0 Å². The SMILES string of the molecule is O=C(C[C@H](c1ccccc1)n1cccn1)c1cccc(Cl)c1. The predicted molar refractivity (Wildman–Crippen MR) is 87.2 cm³/mol. The molecule has 110 valence electrons. The van der Waals surface area contributed by atoms with Crippen molar-refractivity contribution in [1.82, 2.24) is 9.78 Å².